The summed E-state index contributed by atoms with van der Waals surface area (Å²) in [6, 6.07) is 12.9. The van der Waals surface area contributed by atoms with Crippen molar-refractivity contribution in [3.05, 3.63) is 60.4 Å². The number of amides is 1. The van der Waals surface area contributed by atoms with Gasteiger partial charge in [-0.1, -0.05) is 30.3 Å². The fourth-order valence-corrected chi connectivity index (χ4v) is 2.35. The fraction of sp³-hybridized carbons (Fsp3) is 0.158. The summed E-state index contributed by atoms with van der Waals surface area (Å²) < 4.78 is 10.5. The second-order valence-corrected chi connectivity index (χ2v) is 5.48. The molecule has 0 atom stereocenters. The summed E-state index contributed by atoms with van der Waals surface area (Å²) in [5.74, 6) is 0.762. The van der Waals surface area contributed by atoms with E-state index in [1.165, 1.54) is 7.11 Å². The van der Waals surface area contributed by atoms with Crippen LogP contribution in [0.4, 0.5) is 16.4 Å². The Bertz CT molecular complexity index is 918. The van der Waals surface area contributed by atoms with Crippen molar-refractivity contribution < 1.29 is 14.3 Å². The van der Waals surface area contributed by atoms with E-state index in [1.54, 1.807) is 31.6 Å². The standard InChI is InChI=1S/C19H19N5O3/c1-20-18-21-9-8-15(23-18)14-10-16(17(26-2)22-11-14)24-19(25)27-12-13-6-4-3-5-7-13/h3-11H,12H2,1-2H3,(H,24,25)(H,20,21,23). The Labute approximate surface area is 156 Å². The normalized spacial score (nSPS) is 10.1. The molecule has 3 aromatic rings. The Balaban J connectivity index is 1.76. The molecule has 8 nitrogen and oxygen atoms in total. The minimum atomic E-state index is -0.602. The first kappa shape index (κ1) is 18.1. The molecule has 2 N–H and O–H groups in total. The van der Waals surface area contributed by atoms with Gasteiger partial charge in [0.25, 0.3) is 0 Å². The largest absolute Gasteiger partial charge is 0.480 e. The summed E-state index contributed by atoms with van der Waals surface area (Å²) in [6.07, 6.45) is 2.65. The molecule has 1 amide bonds. The van der Waals surface area contributed by atoms with Gasteiger partial charge in [-0.3, -0.25) is 5.32 Å². The first-order chi connectivity index (χ1) is 13.2. The van der Waals surface area contributed by atoms with Gasteiger partial charge in [-0.05, 0) is 17.7 Å². The highest BCUT2D eigenvalue weighted by Crippen LogP contribution is 2.27. The van der Waals surface area contributed by atoms with Crippen LogP contribution in [0.5, 0.6) is 5.88 Å². The minimum Gasteiger partial charge on any atom is -0.480 e. The second-order valence-electron chi connectivity index (χ2n) is 5.48. The number of hydrogen-bond acceptors (Lipinski definition) is 7. The summed E-state index contributed by atoms with van der Waals surface area (Å²) in [5.41, 5.74) is 2.64. The van der Waals surface area contributed by atoms with Gasteiger partial charge in [0.05, 0.1) is 12.8 Å². The van der Waals surface area contributed by atoms with Crippen molar-refractivity contribution in [2.75, 3.05) is 24.8 Å². The SMILES string of the molecule is CNc1nccc(-c2cnc(OC)c(NC(=O)OCc3ccccc3)c2)n1. The Morgan fingerprint density at radius 2 is 1.96 bits per heavy atom. The summed E-state index contributed by atoms with van der Waals surface area (Å²) in [4.78, 5) is 24.8. The third-order valence-electron chi connectivity index (χ3n) is 3.67. The first-order valence-electron chi connectivity index (χ1n) is 8.22. The van der Waals surface area contributed by atoms with E-state index < -0.39 is 6.09 Å². The van der Waals surface area contributed by atoms with Crippen LogP contribution in [0.2, 0.25) is 0 Å². The number of anilines is 2. The van der Waals surface area contributed by atoms with Gasteiger partial charge in [-0.25, -0.2) is 19.7 Å². The number of methoxy groups -OCH3 is 1. The zero-order valence-electron chi connectivity index (χ0n) is 15.0. The lowest BCUT2D eigenvalue weighted by molar-refractivity contribution is 0.155. The zero-order chi connectivity index (χ0) is 19.1. The molecule has 0 bridgehead atoms. The first-order valence-corrected chi connectivity index (χ1v) is 8.22. The molecule has 2 aromatic heterocycles. The van der Waals surface area contributed by atoms with E-state index in [-0.39, 0.29) is 12.5 Å². The molecule has 0 radical (unpaired) electrons. The minimum absolute atomic E-state index is 0.166. The highest BCUT2D eigenvalue weighted by molar-refractivity contribution is 5.87. The van der Waals surface area contributed by atoms with Crippen LogP contribution in [-0.4, -0.2) is 35.2 Å². The fourth-order valence-electron chi connectivity index (χ4n) is 2.35. The van der Waals surface area contributed by atoms with Gasteiger partial charge in [0.2, 0.25) is 11.8 Å². The van der Waals surface area contributed by atoms with Crippen LogP contribution in [0.3, 0.4) is 0 Å². The topological polar surface area (TPSA) is 98.3 Å². The van der Waals surface area contributed by atoms with Crippen molar-refractivity contribution in [2.24, 2.45) is 0 Å². The van der Waals surface area contributed by atoms with Crippen molar-refractivity contribution >= 4 is 17.7 Å². The molecule has 0 spiro atoms. The molecule has 0 unspecified atom stereocenters. The van der Waals surface area contributed by atoms with Crippen LogP contribution < -0.4 is 15.4 Å². The average molecular weight is 365 g/mol. The van der Waals surface area contributed by atoms with Crippen LogP contribution in [0.15, 0.2) is 54.9 Å². The molecular weight excluding hydrogens is 346 g/mol. The molecular formula is C19H19N5O3. The van der Waals surface area contributed by atoms with Gasteiger partial charge < -0.3 is 14.8 Å². The maximum Gasteiger partial charge on any atom is 0.412 e. The van der Waals surface area contributed by atoms with Crippen LogP contribution in [0.1, 0.15) is 5.56 Å². The molecule has 0 saturated carbocycles. The lowest BCUT2D eigenvalue weighted by atomic mass is 10.2. The maximum absolute atomic E-state index is 12.1. The van der Waals surface area contributed by atoms with Crippen LogP contribution >= 0.6 is 0 Å². The number of nitrogens with one attached hydrogen (secondary N) is 2. The Morgan fingerprint density at radius 1 is 1.15 bits per heavy atom. The number of hydrogen-bond donors (Lipinski definition) is 2. The van der Waals surface area contributed by atoms with Crippen molar-refractivity contribution in [3.63, 3.8) is 0 Å². The van der Waals surface area contributed by atoms with Crippen molar-refractivity contribution in [2.45, 2.75) is 6.61 Å². The molecule has 0 aliphatic carbocycles. The van der Waals surface area contributed by atoms with E-state index in [4.69, 9.17) is 9.47 Å². The zero-order valence-corrected chi connectivity index (χ0v) is 15.0. The van der Waals surface area contributed by atoms with E-state index in [0.29, 0.717) is 22.9 Å². The number of nitrogens with zero attached hydrogens (tertiary/aromatic N) is 3. The third kappa shape index (κ3) is 4.69. The highest BCUT2D eigenvalue weighted by atomic mass is 16.5. The van der Waals surface area contributed by atoms with Crippen molar-refractivity contribution in [1.82, 2.24) is 15.0 Å². The number of pyridine rings is 1. The third-order valence-corrected chi connectivity index (χ3v) is 3.67. The number of aromatic nitrogens is 3. The van der Waals surface area contributed by atoms with Gasteiger partial charge in [-0.15, -0.1) is 0 Å². The van der Waals surface area contributed by atoms with Crippen LogP contribution in [0.25, 0.3) is 11.3 Å². The van der Waals surface area contributed by atoms with Gasteiger partial charge >= 0.3 is 6.09 Å². The van der Waals surface area contributed by atoms with Gasteiger partial charge in [-0.2, -0.15) is 0 Å². The summed E-state index contributed by atoms with van der Waals surface area (Å²) in [7, 11) is 3.22. The van der Waals surface area contributed by atoms with Gasteiger partial charge in [0.15, 0.2) is 0 Å². The second kappa shape index (κ2) is 8.61. The van der Waals surface area contributed by atoms with Gasteiger partial charge in [0, 0.05) is 25.0 Å². The number of rotatable bonds is 6. The van der Waals surface area contributed by atoms with E-state index in [1.807, 2.05) is 30.3 Å². The Hall–Kier alpha value is -3.68. The maximum atomic E-state index is 12.1. The van der Waals surface area contributed by atoms with E-state index in [0.717, 1.165) is 5.56 Å². The molecule has 2 heterocycles. The van der Waals surface area contributed by atoms with E-state index >= 15 is 0 Å². The predicted octanol–water partition coefficient (Wildman–Crippen LogP) is 3.34. The van der Waals surface area contributed by atoms with Crippen molar-refractivity contribution in [1.29, 1.82) is 0 Å². The summed E-state index contributed by atoms with van der Waals surface area (Å²) in [6.45, 7) is 0.166. The molecule has 1 aromatic carbocycles. The number of carbonyl (C=O) groups is 1. The molecule has 0 aliphatic heterocycles. The monoisotopic (exact) mass is 365 g/mol. The Kier molecular flexibility index (Phi) is 5.78. The van der Waals surface area contributed by atoms with Gasteiger partial charge in [0.1, 0.15) is 12.3 Å². The molecule has 138 valence electrons. The molecule has 27 heavy (non-hydrogen) atoms. The van der Waals surface area contributed by atoms with Crippen LogP contribution in [-0.2, 0) is 11.3 Å². The number of carbonyl (C=O) groups excluding carboxylic acids is 1. The molecule has 3 rings (SSSR count). The lowest BCUT2D eigenvalue weighted by Crippen LogP contribution is -2.14. The molecule has 0 saturated heterocycles. The highest BCUT2D eigenvalue weighted by Gasteiger charge is 2.13. The van der Waals surface area contributed by atoms with E-state index in [2.05, 4.69) is 25.6 Å². The number of ether oxygens (including phenoxy) is 2. The molecule has 0 aliphatic rings. The molecule has 8 heteroatoms. The quantitative estimate of drug-likeness (QED) is 0.691. The predicted molar refractivity (Wildman–Crippen MR) is 102 cm³/mol. The molecule has 0 fully saturated rings. The lowest BCUT2D eigenvalue weighted by Gasteiger charge is -2.11. The van der Waals surface area contributed by atoms with Crippen molar-refractivity contribution in [3.8, 4) is 17.1 Å². The van der Waals surface area contributed by atoms with E-state index in [9.17, 15) is 4.79 Å². The average Bonchev–Trinajstić information content (AvgIpc) is 2.73. The van der Waals surface area contributed by atoms with Crippen LogP contribution in [0, 0.1) is 0 Å². The summed E-state index contributed by atoms with van der Waals surface area (Å²) >= 11 is 0. The number of benzene rings is 1. The Morgan fingerprint density at radius 3 is 2.70 bits per heavy atom. The summed E-state index contributed by atoms with van der Waals surface area (Å²) in [5, 5.41) is 5.54. The smallest absolute Gasteiger partial charge is 0.412 e.